The van der Waals surface area contributed by atoms with E-state index in [4.69, 9.17) is 4.98 Å². The van der Waals surface area contributed by atoms with Gasteiger partial charge in [-0.15, -0.1) is 0 Å². The number of fused-ring (bicyclic) bond motifs is 2. The molecule has 4 aromatic rings. The highest BCUT2D eigenvalue weighted by Gasteiger charge is 2.11. The number of nitrogens with zero attached hydrogens (tertiary/aromatic N) is 2. The number of rotatable bonds is 4. The third-order valence-electron chi connectivity index (χ3n) is 4.52. The van der Waals surface area contributed by atoms with Gasteiger partial charge in [-0.1, -0.05) is 30.3 Å². The Labute approximate surface area is 167 Å². The van der Waals surface area contributed by atoms with E-state index >= 15 is 0 Å². The second kappa shape index (κ2) is 7.67. The monoisotopic (exact) mass is 384 g/mol. The van der Waals surface area contributed by atoms with Crippen LogP contribution in [0, 0.1) is 0 Å². The molecule has 1 amide bonds. The molecule has 2 aromatic heterocycles. The SMILES string of the molecule is CC(C)NC(=O)/C=C/c1cccc2c(=O)[nH]c(-c3ccnc4ccccc34)nc12. The first-order valence-electron chi connectivity index (χ1n) is 9.38. The van der Waals surface area contributed by atoms with Crippen LogP contribution in [0.5, 0.6) is 0 Å². The predicted molar refractivity (Wildman–Crippen MR) is 115 cm³/mol. The van der Waals surface area contributed by atoms with E-state index in [0.717, 1.165) is 16.5 Å². The molecule has 4 rings (SSSR count). The van der Waals surface area contributed by atoms with E-state index in [-0.39, 0.29) is 17.5 Å². The topological polar surface area (TPSA) is 87.7 Å². The van der Waals surface area contributed by atoms with Crippen LogP contribution in [0.15, 0.2) is 65.6 Å². The van der Waals surface area contributed by atoms with E-state index in [9.17, 15) is 9.59 Å². The van der Waals surface area contributed by atoms with Crippen LogP contribution in [0.1, 0.15) is 19.4 Å². The maximum Gasteiger partial charge on any atom is 0.259 e. The molecule has 29 heavy (non-hydrogen) atoms. The molecule has 0 aliphatic rings. The third-order valence-corrected chi connectivity index (χ3v) is 4.52. The van der Waals surface area contributed by atoms with Crippen molar-refractivity contribution in [1.82, 2.24) is 20.3 Å². The van der Waals surface area contributed by atoms with Crippen LogP contribution in [-0.2, 0) is 4.79 Å². The van der Waals surface area contributed by atoms with Gasteiger partial charge in [-0.3, -0.25) is 14.6 Å². The molecule has 0 unspecified atom stereocenters. The zero-order valence-electron chi connectivity index (χ0n) is 16.1. The number of amides is 1. The molecule has 6 nitrogen and oxygen atoms in total. The van der Waals surface area contributed by atoms with Crippen LogP contribution >= 0.6 is 0 Å². The van der Waals surface area contributed by atoms with Gasteiger partial charge in [0, 0.05) is 34.8 Å². The molecule has 0 saturated heterocycles. The molecule has 0 aliphatic heterocycles. The fraction of sp³-hybridized carbons (Fsp3) is 0.130. The minimum absolute atomic E-state index is 0.0483. The average Bonchev–Trinajstić information content (AvgIpc) is 2.71. The highest BCUT2D eigenvalue weighted by molar-refractivity contribution is 5.97. The van der Waals surface area contributed by atoms with Crippen LogP contribution in [0.3, 0.4) is 0 Å². The Kier molecular flexibility index (Phi) is 4.91. The largest absolute Gasteiger partial charge is 0.350 e. The summed E-state index contributed by atoms with van der Waals surface area (Å²) in [5.74, 6) is 0.274. The number of aromatic nitrogens is 3. The van der Waals surface area contributed by atoms with Crippen molar-refractivity contribution in [2.45, 2.75) is 19.9 Å². The van der Waals surface area contributed by atoms with E-state index < -0.39 is 0 Å². The van der Waals surface area contributed by atoms with Crippen LogP contribution in [0.2, 0.25) is 0 Å². The zero-order chi connectivity index (χ0) is 20.4. The lowest BCUT2D eigenvalue weighted by Crippen LogP contribution is -2.28. The summed E-state index contributed by atoms with van der Waals surface area (Å²) >= 11 is 0. The molecule has 2 heterocycles. The maximum atomic E-state index is 12.7. The van der Waals surface area contributed by atoms with Gasteiger partial charge >= 0.3 is 0 Å². The van der Waals surface area contributed by atoms with Crippen LogP contribution in [-0.4, -0.2) is 26.9 Å². The Hall–Kier alpha value is -3.80. The maximum absolute atomic E-state index is 12.7. The third kappa shape index (κ3) is 3.78. The molecule has 2 N–H and O–H groups in total. The number of pyridine rings is 1. The first-order chi connectivity index (χ1) is 14.0. The Morgan fingerprint density at radius 3 is 2.69 bits per heavy atom. The van der Waals surface area contributed by atoms with E-state index in [1.807, 2.05) is 50.2 Å². The number of carbonyl (C=O) groups is 1. The zero-order valence-corrected chi connectivity index (χ0v) is 16.1. The molecule has 144 valence electrons. The number of carbonyl (C=O) groups excluding carboxylic acids is 1. The molecule has 0 spiro atoms. The summed E-state index contributed by atoms with van der Waals surface area (Å²) in [5, 5.41) is 4.18. The molecule has 0 bridgehead atoms. The van der Waals surface area contributed by atoms with Gasteiger partial charge < -0.3 is 10.3 Å². The van der Waals surface area contributed by atoms with Gasteiger partial charge in [0.25, 0.3) is 5.56 Å². The first kappa shape index (κ1) is 18.6. The van der Waals surface area contributed by atoms with Crippen molar-refractivity contribution in [3.05, 3.63) is 76.7 Å². The number of aromatic amines is 1. The average molecular weight is 384 g/mol. The van der Waals surface area contributed by atoms with E-state index in [1.165, 1.54) is 6.08 Å². The fourth-order valence-electron chi connectivity index (χ4n) is 3.25. The van der Waals surface area contributed by atoms with Gasteiger partial charge in [-0.25, -0.2) is 4.98 Å². The van der Waals surface area contributed by atoms with Gasteiger partial charge in [0.05, 0.1) is 16.4 Å². The summed E-state index contributed by atoms with van der Waals surface area (Å²) < 4.78 is 0. The van der Waals surface area contributed by atoms with Crippen molar-refractivity contribution < 1.29 is 4.79 Å². The smallest absolute Gasteiger partial charge is 0.259 e. The molecule has 6 heteroatoms. The lowest BCUT2D eigenvalue weighted by Gasteiger charge is -2.08. The summed E-state index contributed by atoms with van der Waals surface area (Å²) in [5.41, 5.74) is 2.64. The van der Waals surface area contributed by atoms with Crippen molar-refractivity contribution in [3.8, 4) is 11.4 Å². The van der Waals surface area contributed by atoms with Gasteiger partial charge in [-0.05, 0) is 38.1 Å². The summed E-state index contributed by atoms with van der Waals surface area (Å²) in [6.07, 6.45) is 4.84. The van der Waals surface area contributed by atoms with E-state index in [1.54, 1.807) is 24.4 Å². The van der Waals surface area contributed by atoms with E-state index in [2.05, 4.69) is 15.3 Å². The number of hydrogen-bond acceptors (Lipinski definition) is 4. The standard InChI is InChI=1S/C23H20N4O2/c1-14(2)25-20(28)11-10-15-6-5-8-18-21(15)26-22(27-23(18)29)17-12-13-24-19-9-4-3-7-16(17)19/h3-14H,1-2H3,(H,25,28)(H,26,27,29)/b11-10+. The molecular weight excluding hydrogens is 364 g/mol. The fourth-order valence-corrected chi connectivity index (χ4v) is 3.25. The molecule has 0 fully saturated rings. The Morgan fingerprint density at radius 1 is 1.07 bits per heavy atom. The van der Waals surface area contributed by atoms with E-state index in [0.29, 0.717) is 22.3 Å². The highest BCUT2D eigenvalue weighted by atomic mass is 16.1. The van der Waals surface area contributed by atoms with Crippen LogP contribution in [0.25, 0.3) is 39.3 Å². The minimum Gasteiger partial charge on any atom is -0.350 e. The second-order valence-electron chi connectivity index (χ2n) is 7.03. The van der Waals surface area contributed by atoms with Gasteiger partial charge in [0.1, 0.15) is 5.82 Å². The lowest BCUT2D eigenvalue weighted by atomic mass is 10.1. The summed E-state index contributed by atoms with van der Waals surface area (Å²) in [4.78, 5) is 36.7. The Balaban J connectivity index is 1.87. The number of hydrogen-bond donors (Lipinski definition) is 2. The minimum atomic E-state index is -0.229. The Morgan fingerprint density at radius 2 is 1.86 bits per heavy atom. The van der Waals surface area contributed by atoms with Crippen molar-refractivity contribution in [2.75, 3.05) is 0 Å². The number of nitrogens with one attached hydrogen (secondary N) is 2. The normalized spacial score (nSPS) is 11.6. The van der Waals surface area contributed by atoms with Gasteiger partial charge in [0.2, 0.25) is 5.91 Å². The number of H-pyrrole nitrogens is 1. The number of benzene rings is 2. The highest BCUT2D eigenvalue weighted by Crippen LogP contribution is 2.25. The van der Waals surface area contributed by atoms with Crippen molar-refractivity contribution >= 4 is 33.8 Å². The molecule has 0 radical (unpaired) electrons. The van der Waals surface area contributed by atoms with Crippen molar-refractivity contribution in [2.24, 2.45) is 0 Å². The lowest BCUT2D eigenvalue weighted by molar-refractivity contribution is -0.116. The van der Waals surface area contributed by atoms with Gasteiger partial charge in [0.15, 0.2) is 0 Å². The molecular formula is C23H20N4O2. The summed E-state index contributed by atoms with van der Waals surface area (Å²) in [7, 11) is 0. The van der Waals surface area contributed by atoms with Crippen LogP contribution in [0.4, 0.5) is 0 Å². The number of para-hydroxylation sites is 2. The van der Waals surface area contributed by atoms with Crippen molar-refractivity contribution in [3.63, 3.8) is 0 Å². The summed E-state index contributed by atoms with van der Waals surface area (Å²) in [6.45, 7) is 3.80. The molecule has 2 aromatic carbocycles. The predicted octanol–water partition coefficient (Wildman–Crippen LogP) is 3.68. The molecule has 0 saturated carbocycles. The van der Waals surface area contributed by atoms with Crippen LogP contribution < -0.4 is 10.9 Å². The first-order valence-corrected chi connectivity index (χ1v) is 9.38. The quantitative estimate of drug-likeness (QED) is 0.526. The van der Waals surface area contributed by atoms with Crippen molar-refractivity contribution in [1.29, 1.82) is 0 Å². The second-order valence-corrected chi connectivity index (χ2v) is 7.03. The molecule has 0 atom stereocenters. The Bertz CT molecular complexity index is 1300. The van der Waals surface area contributed by atoms with Gasteiger partial charge in [-0.2, -0.15) is 0 Å². The molecule has 0 aliphatic carbocycles. The summed E-state index contributed by atoms with van der Waals surface area (Å²) in [6, 6.07) is 14.9.